The summed E-state index contributed by atoms with van der Waals surface area (Å²) in [5, 5.41) is 9.34. The maximum Gasteiger partial charge on any atom is 0.255 e. The van der Waals surface area contributed by atoms with E-state index in [1.807, 2.05) is 55.4 Å². The predicted octanol–water partition coefficient (Wildman–Crippen LogP) is 2.34. The molecule has 0 radical (unpaired) electrons. The van der Waals surface area contributed by atoms with Gasteiger partial charge >= 0.3 is 0 Å². The first-order chi connectivity index (χ1) is 11.0. The zero-order valence-electron chi connectivity index (χ0n) is 13.8. The number of aliphatic hydroxyl groups is 1. The Kier molecular flexibility index (Phi) is 5.71. The molecule has 0 aliphatic carbocycles. The molecule has 2 aromatic rings. The number of rotatable bonds is 6. The van der Waals surface area contributed by atoms with Gasteiger partial charge in [0.15, 0.2) is 0 Å². The largest absolute Gasteiger partial charge is 0.396 e. The topological polar surface area (TPSA) is 56.7 Å². The van der Waals surface area contributed by atoms with Crippen molar-refractivity contribution in [2.75, 3.05) is 32.6 Å². The average Bonchev–Trinajstić information content (AvgIpc) is 2.59. The number of anilines is 1. The van der Waals surface area contributed by atoms with Gasteiger partial charge in [0.05, 0.1) is 11.6 Å². The van der Waals surface area contributed by atoms with Gasteiger partial charge in [0.1, 0.15) is 5.82 Å². The highest BCUT2D eigenvalue weighted by Crippen LogP contribution is 2.24. The lowest BCUT2D eigenvalue weighted by Gasteiger charge is -2.28. The Bertz CT molecular complexity index is 626. The van der Waals surface area contributed by atoms with Crippen molar-refractivity contribution in [3.05, 3.63) is 59.8 Å². The summed E-state index contributed by atoms with van der Waals surface area (Å²) >= 11 is 0. The predicted molar refractivity (Wildman–Crippen MR) is 91.5 cm³/mol. The molecule has 1 atom stereocenters. The lowest BCUT2D eigenvalue weighted by molar-refractivity contribution is 0.0705. The van der Waals surface area contributed by atoms with Crippen LogP contribution in [-0.2, 0) is 0 Å². The van der Waals surface area contributed by atoms with Gasteiger partial charge in [0, 0.05) is 33.9 Å². The van der Waals surface area contributed by atoms with Gasteiger partial charge in [-0.3, -0.25) is 4.79 Å². The van der Waals surface area contributed by atoms with Gasteiger partial charge < -0.3 is 14.9 Å². The zero-order chi connectivity index (χ0) is 16.8. The lowest BCUT2D eigenvalue weighted by atomic mass is 10.0. The molecule has 122 valence electrons. The molecule has 1 aromatic carbocycles. The van der Waals surface area contributed by atoms with E-state index >= 15 is 0 Å². The summed E-state index contributed by atoms with van der Waals surface area (Å²) in [4.78, 5) is 20.5. The SMILES string of the molecule is CN(C)c1ccc(C(=O)N(C)C(CCO)c2ccccc2)cn1. The van der Waals surface area contributed by atoms with Crippen molar-refractivity contribution in [2.24, 2.45) is 0 Å². The Morgan fingerprint density at radius 1 is 1.13 bits per heavy atom. The number of amides is 1. The first kappa shape index (κ1) is 17.0. The molecule has 0 aliphatic rings. The first-order valence-electron chi connectivity index (χ1n) is 7.61. The highest BCUT2D eigenvalue weighted by molar-refractivity contribution is 5.94. The number of hydrogen-bond acceptors (Lipinski definition) is 4. The van der Waals surface area contributed by atoms with Gasteiger partial charge in [-0.1, -0.05) is 30.3 Å². The molecule has 5 heteroatoms. The summed E-state index contributed by atoms with van der Waals surface area (Å²) < 4.78 is 0. The highest BCUT2D eigenvalue weighted by atomic mass is 16.3. The minimum atomic E-state index is -0.165. The molecule has 0 spiro atoms. The van der Waals surface area contributed by atoms with Gasteiger partial charge in [-0.05, 0) is 24.1 Å². The van der Waals surface area contributed by atoms with E-state index in [4.69, 9.17) is 0 Å². The van der Waals surface area contributed by atoms with E-state index in [2.05, 4.69) is 4.98 Å². The van der Waals surface area contributed by atoms with Crippen molar-refractivity contribution in [1.82, 2.24) is 9.88 Å². The number of benzene rings is 1. The Balaban J connectivity index is 2.22. The molecular formula is C18H23N3O2. The minimum absolute atomic E-state index is 0.0228. The number of aromatic nitrogens is 1. The van der Waals surface area contributed by atoms with Crippen LogP contribution in [0.5, 0.6) is 0 Å². The van der Waals surface area contributed by atoms with Crippen LogP contribution in [0.2, 0.25) is 0 Å². The van der Waals surface area contributed by atoms with Crippen LogP contribution in [0.25, 0.3) is 0 Å². The van der Waals surface area contributed by atoms with Gasteiger partial charge in [-0.15, -0.1) is 0 Å². The van der Waals surface area contributed by atoms with Crippen LogP contribution in [0.4, 0.5) is 5.82 Å². The molecule has 1 aromatic heterocycles. The number of carbonyl (C=O) groups is 1. The number of hydrogen-bond donors (Lipinski definition) is 1. The summed E-state index contributed by atoms with van der Waals surface area (Å²) in [5.74, 6) is 0.698. The fourth-order valence-electron chi connectivity index (χ4n) is 2.50. The molecule has 5 nitrogen and oxygen atoms in total. The van der Waals surface area contributed by atoms with Gasteiger partial charge in [-0.25, -0.2) is 4.98 Å². The Labute approximate surface area is 137 Å². The van der Waals surface area contributed by atoms with Gasteiger partial charge in [-0.2, -0.15) is 0 Å². The van der Waals surface area contributed by atoms with Crippen LogP contribution >= 0.6 is 0 Å². The monoisotopic (exact) mass is 313 g/mol. The van der Waals surface area contributed by atoms with Crippen molar-refractivity contribution in [3.63, 3.8) is 0 Å². The van der Waals surface area contributed by atoms with Gasteiger partial charge in [0.25, 0.3) is 5.91 Å². The molecule has 1 heterocycles. The minimum Gasteiger partial charge on any atom is -0.396 e. The molecule has 1 amide bonds. The molecular weight excluding hydrogens is 290 g/mol. The maximum absolute atomic E-state index is 12.7. The molecule has 1 N–H and O–H groups in total. The summed E-state index contributed by atoms with van der Waals surface area (Å²) in [7, 11) is 5.57. The van der Waals surface area contributed by atoms with E-state index in [9.17, 15) is 9.90 Å². The molecule has 1 unspecified atom stereocenters. The second-order valence-electron chi connectivity index (χ2n) is 5.65. The van der Waals surface area contributed by atoms with E-state index in [0.29, 0.717) is 12.0 Å². The summed E-state index contributed by atoms with van der Waals surface area (Å²) in [6.45, 7) is 0.0228. The maximum atomic E-state index is 12.7. The van der Waals surface area contributed by atoms with Crippen LogP contribution in [0, 0.1) is 0 Å². The molecule has 0 fully saturated rings. The first-order valence-corrected chi connectivity index (χ1v) is 7.61. The van der Waals surface area contributed by atoms with E-state index in [1.54, 1.807) is 24.2 Å². The number of pyridine rings is 1. The quantitative estimate of drug-likeness (QED) is 0.889. The van der Waals surface area contributed by atoms with Crippen LogP contribution in [0.3, 0.4) is 0 Å². The van der Waals surface area contributed by atoms with Crippen molar-refractivity contribution in [2.45, 2.75) is 12.5 Å². The molecule has 23 heavy (non-hydrogen) atoms. The Hall–Kier alpha value is -2.40. The third-order valence-electron chi connectivity index (χ3n) is 3.83. The van der Waals surface area contributed by atoms with Crippen LogP contribution < -0.4 is 4.90 Å². The average molecular weight is 313 g/mol. The smallest absolute Gasteiger partial charge is 0.255 e. The fraction of sp³-hybridized carbons (Fsp3) is 0.333. The van der Waals surface area contributed by atoms with Crippen LogP contribution in [-0.4, -0.2) is 48.6 Å². The number of carbonyl (C=O) groups excluding carboxylic acids is 1. The second kappa shape index (κ2) is 7.74. The van der Waals surface area contributed by atoms with Crippen LogP contribution in [0.1, 0.15) is 28.4 Å². The number of nitrogens with zero attached hydrogens (tertiary/aromatic N) is 3. The molecule has 0 aliphatic heterocycles. The third kappa shape index (κ3) is 4.07. The molecule has 2 rings (SSSR count). The third-order valence-corrected chi connectivity index (χ3v) is 3.83. The van der Waals surface area contributed by atoms with Crippen molar-refractivity contribution >= 4 is 11.7 Å². The normalized spacial score (nSPS) is 11.8. The Morgan fingerprint density at radius 3 is 2.35 bits per heavy atom. The van der Waals surface area contributed by atoms with E-state index in [1.165, 1.54) is 0 Å². The number of aliphatic hydroxyl groups excluding tert-OH is 1. The Morgan fingerprint density at radius 2 is 1.83 bits per heavy atom. The van der Waals surface area contributed by atoms with E-state index < -0.39 is 0 Å². The molecule has 0 saturated carbocycles. The van der Waals surface area contributed by atoms with Crippen molar-refractivity contribution in [1.29, 1.82) is 0 Å². The fourth-order valence-corrected chi connectivity index (χ4v) is 2.50. The summed E-state index contributed by atoms with van der Waals surface area (Å²) in [5.41, 5.74) is 1.55. The van der Waals surface area contributed by atoms with Gasteiger partial charge in [0.2, 0.25) is 0 Å². The van der Waals surface area contributed by atoms with Crippen molar-refractivity contribution < 1.29 is 9.90 Å². The van der Waals surface area contributed by atoms with E-state index in [0.717, 1.165) is 11.4 Å². The van der Waals surface area contributed by atoms with Crippen LogP contribution in [0.15, 0.2) is 48.7 Å². The van der Waals surface area contributed by atoms with E-state index in [-0.39, 0.29) is 18.6 Å². The van der Waals surface area contributed by atoms with Crippen molar-refractivity contribution in [3.8, 4) is 0 Å². The highest BCUT2D eigenvalue weighted by Gasteiger charge is 2.22. The lowest BCUT2D eigenvalue weighted by Crippen LogP contribution is -2.32. The molecule has 0 bridgehead atoms. The zero-order valence-corrected chi connectivity index (χ0v) is 13.8. The standard InChI is InChI=1S/C18H23N3O2/c1-20(2)17-10-9-15(13-19-17)18(23)21(3)16(11-12-22)14-7-5-4-6-8-14/h4-10,13,16,22H,11-12H2,1-3H3. The summed E-state index contributed by atoms with van der Waals surface area (Å²) in [6, 6.07) is 13.2. The second-order valence-corrected chi connectivity index (χ2v) is 5.65. The summed E-state index contributed by atoms with van der Waals surface area (Å²) in [6.07, 6.45) is 2.09. The molecule has 0 saturated heterocycles.